The first-order valence-corrected chi connectivity index (χ1v) is 8.97. The van der Waals surface area contributed by atoms with Crippen LogP contribution >= 0.6 is 0 Å². The minimum atomic E-state index is -0.517. The first-order chi connectivity index (χ1) is 14.2. The number of amides is 2. The third-order valence-corrected chi connectivity index (χ3v) is 4.20. The van der Waals surface area contributed by atoms with E-state index in [1.54, 1.807) is 49.7 Å². The number of nitrogens with zero attached hydrogens (tertiary/aromatic N) is 3. The Balaban J connectivity index is 1.90. The van der Waals surface area contributed by atoms with Gasteiger partial charge in [0.15, 0.2) is 0 Å². The Morgan fingerprint density at radius 3 is 2.66 bits per heavy atom. The number of carbonyl (C=O) groups is 2. The zero-order valence-electron chi connectivity index (χ0n) is 15.8. The highest BCUT2D eigenvalue weighted by atomic mass is 16.5. The zero-order chi connectivity index (χ0) is 20.6. The highest BCUT2D eigenvalue weighted by Crippen LogP contribution is 2.30. The van der Waals surface area contributed by atoms with Crippen LogP contribution in [-0.4, -0.2) is 42.9 Å². The van der Waals surface area contributed by atoms with Crippen molar-refractivity contribution in [1.82, 2.24) is 15.6 Å². The van der Waals surface area contributed by atoms with Crippen LogP contribution in [-0.2, 0) is 9.53 Å². The zero-order valence-corrected chi connectivity index (χ0v) is 15.8. The van der Waals surface area contributed by atoms with Gasteiger partial charge in [-0.1, -0.05) is 24.3 Å². The Bertz CT molecular complexity index is 1020. The topological polar surface area (TPSA) is 116 Å². The summed E-state index contributed by atoms with van der Waals surface area (Å²) in [4.78, 5) is 33.3. The summed E-state index contributed by atoms with van der Waals surface area (Å²) in [7, 11) is 1.58. The van der Waals surface area contributed by atoms with Crippen molar-refractivity contribution < 1.29 is 14.3 Å². The van der Waals surface area contributed by atoms with Gasteiger partial charge in [-0.2, -0.15) is 5.26 Å². The van der Waals surface area contributed by atoms with Crippen LogP contribution in [0.25, 0.3) is 5.70 Å². The number of carbonyl (C=O) groups excluding carboxylic acids is 2. The summed E-state index contributed by atoms with van der Waals surface area (Å²) in [5.74, 6) is -0.614. The van der Waals surface area contributed by atoms with E-state index in [4.69, 9.17) is 4.74 Å². The highest BCUT2D eigenvalue weighted by molar-refractivity contribution is 6.20. The maximum Gasteiger partial charge on any atom is 0.264 e. The number of amidine groups is 1. The Hall–Kier alpha value is -3.83. The number of aliphatic imine (C=N–C) groups is 1. The second kappa shape index (κ2) is 9.39. The number of aromatic nitrogens is 1. The quantitative estimate of drug-likeness (QED) is 0.443. The number of benzene rings is 1. The average Bonchev–Trinajstić information content (AvgIpc) is 3.11. The van der Waals surface area contributed by atoms with E-state index < -0.39 is 5.91 Å². The van der Waals surface area contributed by atoms with E-state index >= 15 is 0 Å². The van der Waals surface area contributed by atoms with Crippen LogP contribution in [0.2, 0.25) is 0 Å². The van der Waals surface area contributed by atoms with E-state index in [2.05, 4.69) is 20.6 Å². The van der Waals surface area contributed by atoms with E-state index in [0.29, 0.717) is 36.3 Å². The molecule has 0 atom stereocenters. The predicted octanol–water partition coefficient (Wildman–Crippen LogP) is 1.66. The normalized spacial score (nSPS) is 13.7. The molecule has 2 aromatic rings. The fourth-order valence-electron chi connectivity index (χ4n) is 2.81. The minimum Gasteiger partial charge on any atom is -0.385 e. The molecule has 0 spiro atoms. The van der Waals surface area contributed by atoms with E-state index in [1.165, 1.54) is 6.20 Å². The van der Waals surface area contributed by atoms with Gasteiger partial charge in [0.1, 0.15) is 17.5 Å². The summed E-state index contributed by atoms with van der Waals surface area (Å²) >= 11 is 0. The lowest BCUT2D eigenvalue weighted by molar-refractivity contribution is -0.117. The molecule has 8 nitrogen and oxygen atoms in total. The lowest BCUT2D eigenvalue weighted by Gasteiger charge is -2.06. The van der Waals surface area contributed by atoms with Crippen molar-refractivity contribution in [3.8, 4) is 6.07 Å². The summed E-state index contributed by atoms with van der Waals surface area (Å²) in [5.41, 5.74) is 1.74. The molecule has 1 aromatic carbocycles. The first kappa shape index (κ1) is 19.9. The fraction of sp³-hybridized carbons (Fsp3) is 0.190. The van der Waals surface area contributed by atoms with Gasteiger partial charge in [0, 0.05) is 43.8 Å². The number of hydrogen-bond acceptors (Lipinski definition) is 6. The molecular formula is C21H19N5O3. The molecule has 8 heteroatoms. The van der Waals surface area contributed by atoms with Crippen molar-refractivity contribution in [2.45, 2.75) is 6.42 Å². The van der Waals surface area contributed by atoms with Crippen LogP contribution < -0.4 is 10.6 Å². The van der Waals surface area contributed by atoms with E-state index in [1.807, 2.05) is 6.07 Å². The van der Waals surface area contributed by atoms with E-state index in [9.17, 15) is 14.9 Å². The Morgan fingerprint density at radius 1 is 1.17 bits per heavy atom. The van der Waals surface area contributed by atoms with Gasteiger partial charge in [-0.3, -0.25) is 14.6 Å². The Labute approximate surface area is 167 Å². The lowest BCUT2D eigenvalue weighted by atomic mass is 10.0. The van der Waals surface area contributed by atoms with Gasteiger partial charge < -0.3 is 15.4 Å². The summed E-state index contributed by atoms with van der Waals surface area (Å²) < 4.78 is 4.95. The van der Waals surface area contributed by atoms with Crippen LogP contribution in [0.5, 0.6) is 0 Å². The summed E-state index contributed by atoms with van der Waals surface area (Å²) in [5, 5.41) is 15.0. The van der Waals surface area contributed by atoms with Gasteiger partial charge in [-0.05, 0) is 18.6 Å². The number of nitriles is 1. The smallest absolute Gasteiger partial charge is 0.264 e. The molecule has 0 fully saturated rings. The third kappa shape index (κ3) is 4.54. The molecule has 0 aliphatic carbocycles. The van der Waals surface area contributed by atoms with Crippen LogP contribution in [0.15, 0.2) is 59.4 Å². The molecule has 2 N–H and O–H groups in total. The third-order valence-electron chi connectivity index (χ3n) is 4.20. The molecule has 1 aliphatic rings. The number of pyridine rings is 1. The van der Waals surface area contributed by atoms with Crippen LogP contribution in [0.3, 0.4) is 0 Å². The molecule has 1 aliphatic heterocycles. The molecule has 1 aromatic heterocycles. The Kier molecular flexibility index (Phi) is 6.45. The van der Waals surface area contributed by atoms with Gasteiger partial charge >= 0.3 is 0 Å². The van der Waals surface area contributed by atoms with Crippen molar-refractivity contribution in [2.75, 3.05) is 20.3 Å². The average molecular weight is 389 g/mol. The van der Waals surface area contributed by atoms with Crippen LogP contribution in [0.4, 0.5) is 0 Å². The van der Waals surface area contributed by atoms with Gasteiger partial charge in [-0.25, -0.2) is 4.99 Å². The van der Waals surface area contributed by atoms with Gasteiger partial charge in [-0.15, -0.1) is 0 Å². The van der Waals surface area contributed by atoms with Crippen molar-refractivity contribution in [1.29, 1.82) is 5.26 Å². The maximum absolute atomic E-state index is 12.5. The van der Waals surface area contributed by atoms with Crippen LogP contribution in [0, 0.1) is 11.3 Å². The maximum atomic E-state index is 12.5. The molecule has 3 rings (SSSR count). The number of methoxy groups -OCH3 is 1. The molecule has 29 heavy (non-hydrogen) atoms. The molecule has 0 unspecified atom stereocenters. The standard InChI is InChI=1S/C21H19N5O3/c1-29-11-5-10-24-21(28)17(12-22)18-15-7-2-3-8-16(15)19(25-18)26-20(27)14-6-4-9-23-13-14/h2-4,6-9,13H,5,10-11H2,1H3,(H,24,28)(H,25,26,27). The first-order valence-electron chi connectivity index (χ1n) is 8.97. The molecule has 2 amide bonds. The predicted molar refractivity (Wildman–Crippen MR) is 107 cm³/mol. The number of nitrogens with one attached hydrogen (secondary N) is 2. The van der Waals surface area contributed by atoms with Crippen LogP contribution in [0.1, 0.15) is 27.9 Å². The summed E-state index contributed by atoms with van der Waals surface area (Å²) in [6.45, 7) is 0.880. The number of rotatable bonds is 6. The Morgan fingerprint density at radius 2 is 1.97 bits per heavy atom. The molecular weight excluding hydrogens is 370 g/mol. The van der Waals surface area contributed by atoms with E-state index in [0.717, 1.165) is 0 Å². The molecule has 0 bridgehead atoms. The SMILES string of the molecule is COCCCNC(=O)C(C#N)=C1N=C(NC(=O)c2cccnc2)c2ccccc21. The number of hydrogen-bond donors (Lipinski definition) is 2. The van der Waals surface area contributed by atoms with Crippen molar-refractivity contribution in [3.63, 3.8) is 0 Å². The number of fused-ring (bicyclic) bond motifs is 1. The minimum absolute atomic E-state index is 0.111. The lowest BCUT2D eigenvalue weighted by Crippen LogP contribution is -2.30. The molecule has 146 valence electrons. The summed E-state index contributed by atoms with van der Waals surface area (Å²) in [6.07, 6.45) is 3.65. The van der Waals surface area contributed by atoms with Gasteiger partial charge in [0.2, 0.25) is 0 Å². The second-order valence-corrected chi connectivity index (χ2v) is 6.14. The second-order valence-electron chi connectivity index (χ2n) is 6.14. The molecule has 0 radical (unpaired) electrons. The highest BCUT2D eigenvalue weighted by Gasteiger charge is 2.27. The largest absolute Gasteiger partial charge is 0.385 e. The van der Waals surface area contributed by atoms with Crippen molar-refractivity contribution >= 4 is 23.3 Å². The van der Waals surface area contributed by atoms with E-state index in [-0.39, 0.29) is 23.0 Å². The van der Waals surface area contributed by atoms with Gasteiger partial charge in [0.05, 0.1) is 11.3 Å². The fourth-order valence-corrected chi connectivity index (χ4v) is 2.81. The molecule has 2 heterocycles. The van der Waals surface area contributed by atoms with Crippen molar-refractivity contribution in [2.24, 2.45) is 4.99 Å². The summed E-state index contributed by atoms with van der Waals surface area (Å²) in [6, 6.07) is 12.3. The van der Waals surface area contributed by atoms with Crippen molar-refractivity contribution in [3.05, 3.63) is 71.1 Å². The molecule has 0 saturated carbocycles. The molecule has 0 saturated heterocycles. The number of ether oxygens (including phenoxy) is 1. The monoisotopic (exact) mass is 389 g/mol. The van der Waals surface area contributed by atoms with Gasteiger partial charge in [0.25, 0.3) is 11.8 Å².